The van der Waals surface area contributed by atoms with Crippen molar-refractivity contribution in [1.82, 2.24) is 20.2 Å². The van der Waals surface area contributed by atoms with E-state index in [0.717, 1.165) is 50.8 Å². The molecule has 2 heterocycles. The van der Waals surface area contributed by atoms with Crippen molar-refractivity contribution in [2.24, 2.45) is 5.92 Å². The summed E-state index contributed by atoms with van der Waals surface area (Å²) in [5, 5.41) is 3.01. The van der Waals surface area contributed by atoms with Crippen molar-refractivity contribution in [3.05, 3.63) is 48.3 Å². The molecule has 1 amide bonds. The standard InChI is InChI=1S/C22H31N5O2/c1-18(2)17-29-20-7-3-6-19(16-20)21(28)23-10-5-11-26-12-14-27(15-13-26)22-24-8-4-9-25-22/h3-4,6-9,16,18H,5,10-15,17H2,1-2H3,(H,23,28). The number of hydrogen-bond acceptors (Lipinski definition) is 6. The van der Waals surface area contributed by atoms with Crippen LogP contribution in [0.3, 0.4) is 0 Å². The van der Waals surface area contributed by atoms with Crippen LogP contribution in [0.15, 0.2) is 42.7 Å². The number of amides is 1. The van der Waals surface area contributed by atoms with Gasteiger partial charge in [0.15, 0.2) is 0 Å². The Morgan fingerprint density at radius 3 is 2.62 bits per heavy atom. The smallest absolute Gasteiger partial charge is 0.251 e. The third-order valence-electron chi connectivity index (χ3n) is 4.82. The largest absolute Gasteiger partial charge is 0.493 e. The summed E-state index contributed by atoms with van der Waals surface area (Å²) < 4.78 is 5.70. The third kappa shape index (κ3) is 6.71. The summed E-state index contributed by atoms with van der Waals surface area (Å²) in [7, 11) is 0. The number of carbonyl (C=O) groups excluding carboxylic acids is 1. The minimum absolute atomic E-state index is 0.0500. The lowest BCUT2D eigenvalue weighted by atomic mass is 10.2. The number of piperazine rings is 1. The van der Waals surface area contributed by atoms with Gasteiger partial charge in [0.1, 0.15) is 5.75 Å². The Hall–Kier alpha value is -2.67. The minimum atomic E-state index is -0.0500. The number of hydrogen-bond donors (Lipinski definition) is 1. The molecule has 1 aromatic heterocycles. The number of aromatic nitrogens is 2. The van der Waals surface area contributed by atoms with Gasteiger partial charge in [0.05, 0.1) is 6.61 Å². The van der Waals surface area contributed by atoms with Gasteiger partial charge in [-0.2, -0.15) is 0 Å². The van der Waals surface area contributed by atoms with E-state index >= 15 is 0 Å². The first kappa shape index (κ1) is 21.0. The highest BCUT2D eigenvalue weighted by atomic mass is 16.5. The zero-order valence-corrected chi connectivity index (χ0v) is 17.4. The van der Waals surface area contributed by atoms with Crippen molar-refractivity contribution in [3.63, 3.8) is 0 Å². The van der Waals surface area contributed by atoms with Crippen LogP contribution >= 0.6 is 0 Å². The maximum atomic E-state index is 12.4. The first-order chi connectivity index (χ1) is 14.1. The Bertz CT molecular complexity index is 761. The second-order valence-electron chi connectivity index (χ2n) is 7.72. The van der Waals surface area contributed by atoms with Gasteiger partial charge < -0.3 is 15.0 Å². The van der Waals surface area contributed by atoms with Crippen LogP contribution in [0.5, 0.6) is 5.75 Å². The molecular formula is C22H31N5O2. The number of carbonyl (C=O) groups is 1. The molecule has 29 heavy (non-hydrogen) atoms. The van der Waals surface area contributed by atoms with E-state index in [9.17, 15) is 4.79 Å². The molecule has 2 aromatic rings. The van der Waals surface area contributed by atoms with Gasteiger partial charge in [-0.1, -0.05) is 19.9 Å². The van der Waals surface area contributed by atoms with Crippen molar-refractivity contribution < 1.29 is 9.53 Å². The number of ether oxygens (including phenoxy) is 1. The van der Waals surface area contributed by atoms with Gasteiger partial charge >= 0.3 is 0 Å². The molecule has 0 radical (unpaired) electrons. The summed E-state index contributed by atoms with van der Waals surface area (Å²) in [5.74, 6) is 1.95. The van der Waals surface area contributed by atoms with Gasteiger partial charge in [-0.3, -0.25) is 9.69 Å². The van der Waals surface area contributed by atoms with Gasteiger partial charge in [-0.25, -0.2) is 9.97 Å². The Labute approximate surface area is 173 Å². The molecule has 0 spiro atoms. The SMILES string of the molecule is CC(C)COc1cccc(C(=O)NCCCN2CCN(c3ncccn3)CC2)c1. The molecule has 1 aliphatic heterocycles. The highest BCUT2D eigenvalue weighted by Crippen LogP contribution is 2.14. The average Bonchev–Trinajstić information content (AvgIpc) is 2.76. The van der Waals surface area contributed by atoms with Crippen LogP contribution in [0.4, 0.5) is 5.95 Å². The van der Waals surface area contributed by atoms with E-state index in [2.05, 4.69) is 38.9 Å². The predicted molar refractivity (Wildman–Crippen MR) is 114 cm³/mol. The molecule has 0 bridgehead atoms. The van der Waals surface area contributed by atoms with Crippen molar-refractivity contribution in [2.45, 2.75) is 20.3 Å². The summed E-state index contributed by atoms with van der Waals surface area (Å²) in [6.45, 7) is 10.3. The fourth-order valence-electron chi connectivity index (χ4n) is 3.22. The Balaban J connectivity index is 1.34. The zero-order valence-electron chi connectivity index (χ0n) is 17.4. The molecule has 1 saturated heterocycles. The maximum Gasteiger partial charge on any atom is 0.251 e. The number of rotatable bonds is 9. The summed E-state index contributed by atoms with van der Waals surface area (Å²) >= 11 is 0. The molecule has 1 aromatic carbocycles. The molecule has 0 saturated carbocycles. The van der Waals surface area contributed by atoms with Crippen LogP contribution < -0.4 is 15.0 Å². The number of nitrogens with one attached hydrogen (secondary N) is 1. The molecule has 1 fully saturated rings. The summed E-state index contributed by atoms with van der Waals surface area (Å²) in [5.41, 5.74) is 0.641. The monoisotopic (exact) mass is 397 g/mol. The van der Waals surface area contributed by atoms with E-state index < -0.39 is 0 Å². The van der Waals surface area contributed by atoms with Gasteiger partial charge in [0.25, 0.3) is 5.91 Å². The molecule has 156 valence electrons. The van der Waals surface area contributed by atoms with Gasteiger partial charge in [-0.05, 0) is 43.1 Å². The van der Waals surface area contributed by atoms with Gasteiger partial charge in [-0.15, -0.1) is 0 Å². The van der Waals surface area contributed by atoms with E-state index in [4.69, 9.17) is 4.74 Å². The van der Waals surface area contributed by atoms with Crippen molar-refractivity contribution in [3.8, 4) is 5.75 Å². The van der Waals surface area contributed by atoms with Crippen molar-refractivity contribution in [2.75, 3.05) is 50.8 Å². The van der Waals surface area contributed by atoms with Crippen LogP contribution in [-0.2, 0) is 0 Å². The van der Waals surface area contributed by atoms with Crippen LogP contribution in [0.25, 0.3) is 0 Å². The fourth-order valence-corrected chi connectivity index (χ4v) is 3.22. The summed E-state index contributed by atoms with van der Waals surface area (Å²) in [4.78, 5) is 25.7. The van der Waals surface area contributed by atoms with E-state index in [1.54, 1.807) is 12.4 Å². The van der Waals surface area contributed by atoms with Crippen LogP contribution in [0, 0.1) is 5.92 Å². The molecule has 7 heteroatoms. The third-order valence-corrected chi connectivity index (χ3v) is 4.82. The molecule has 1 N–H and O–H groups in total. The number of benzene rings is 1. The van der Waals surface area contributed by atoms with E-state index in [-0.39, 0.29) is 5.91 Å². The molecule has 0 unspecified atom stereocenters. The molecule has 0 aliphatic carbocycles. The van der Waals surface area contributed by atoms with Crippen LogP contribution in [-0.4, -0.2) is 66.7 Å². The lowest BCUT2D eigenvalue weighted by Crippen LogP contribution is -2.47. The molecule has 1 aliphatic rings. The van der Waals surface area contributed by atoms with Crippen molar-refractivity contribution >= 4 is 11.9 Å². The van der Waals surface area contributed by atoms with E-state index in [0.29, 0.717) is 24.6 Å². The second-order valence-corrected chi connectivity index (χ2v) is 7.72. The summed E-state index contributed by atoms with van der Waals surface area (Å²) in [6.07, 6.45) is 4.49. The van der Waals surface area contributed by atoms with Crippen LogP contribution in [0.1, 0.15) is 30.6 Å². The number of nitrogens with zero attached hydrogens (tertiary/aromatic N) is 4. The first-order valence-corrected chi connectivity index (χ1v) is 10.4. The van der Waals surface area contributed by atoms with Crippen LogP contribution in [0.2, 0.25) is 0 Å². The normalized spacial score (nSPS) is 14.8. The predicted octanol–water partition coefficient (Wildman–Crippen LogP) is 2.45. The number of anilines is 1. The Morgan fingerprint density at radius 1 is 1.14 bits per heavy atom. The first-order valence-electron chi connectivity index (χ1n) is 10.4. The maximum absolute atomic E-state index is 12.4. The van der Waals surface area contributed by atoms with E-state index in [1.807, 2.05) is 30.3 Å². The fraction of sp³-hybridized carbons (Fsp3) is 0.500. The minimum Gasteiger partial charge on any atom is -0.493 e. The highest BCUT2D eigenvalue weighted by molar-refractivity contribution is 5.94. The zero-order chi connectivity index (χ0) is 20.5. The lowest BCUT2D eigenvalue weighted by Gasteiger charge is -2.34. The second kappa shape index (κ2) is 10.8. The van der Waals surface area contributed by atoms with Crippen molar-refractivity contribution in [1.29, 1.82) is 0 Å². The molecule has 7 nitrogen and oxygen atoms in total. The lowest BCUT2D eigenvalue weighted by molar-refractivity contribution is 0.0951. The average molecular weight is 398 g/mol. The summed E-state index contributed by atoms with van der Waals surface area (Å²) in [6, 6.07) is 9.22. The Kier molecular flexibility index (Phi) is 7.81. The van der Waals surface area contributed by atoms with Gasteiger partial charge in [0.2, 0.25) is 5.95 Å². The Morgan fingerprint density at radius 2 is 1.90 bits per heavy atom. The van der Waals surface area contributed by atoms with E-state index in [1.165, 1.54) is 0 Å². The molecule has 0 atom stereocenters. The highest BCUT2D eigenvalue weighted by Gasteiger charge is 2.18. The quantitative estimate of drug-likeness (QED) is 0.656. The molecular weight excluding hydrogens is 366 g/mol. The van der Waals surface area contributed by atoms with Gasteiger partial charge in [0, 0.05) is 50.7 Å². The topological polar surface area (TPSA) is 70.6 Å². The molecule has 3 rings (SSSR count).